The van der Waals surface area contributed by atoms with E-state index in [0.717, 1.165) is 24.4 Å². The molecular weight excluding hydrogens is 270 g/mol. The van der Waals surface area contributed by atoms with Crippen LogP contribution in [0.2, 0.25) is 0 Å². The summed E-state index contributed by atoms with van der Waals surface area (Å²) in [5, 5.41) is 4.71. The fourth-order valence-electron chi connectivity index (χ4n) is 3.23. The summed E-state index contributed by atoms with van der Waals surface area (Å²) in [5.41, 5.74) is 0. The number of hydrogen-bond acceptors (Lipinski definition) is 4. The zero-order valence-corrected chi connectivity index (χ0v) is 13.9. The summed E-state index contributed by atoms with van der Waals surface area (Å²) in [6, 6.07) is 1.39. The highest BCUT2D eigenvalue weighted by molar-refractivity contribution is 7.99. The fourth-order valence-corrected chi connectivity index (χ4v) is 4.03. The van der Waals surface area contributed by atoms with Crippen molar-refractivity contribution in [3.8, 4) is 0 Å². The second kappa shape index (κ2) is 7.66. The Labute approximate surface area is 127 Å². The minimum Gasteiger partial charge on any atom is -0.348 e. The van der Waals surface area contributed by atoms with E-state index >= 15 is 0 Å². The number of rotatable bonds is 5. The van der Waals surface area contributed by atoms with Gasteiger partial charge in [0.1, 0.15) is 0 Å². The quantitative estimate of drug-likeness (QED) is 0.833. The Kier molecular flexibility index (Phi) is 6.18. The van der Waals surface area contributed by atoms with E-state index in [-0.39, 0.29) is 5.91 Å². The van der Waals surface area contributed by atoms with Crippen molar-refractivity contribution < 1.29 is 4.79 Å². The van der Waals surface area contributed by atoms with Crippen molar-refractivity contribution in [1.82, 2.24) is 15.1 Å². The van der Waals surface area contributed by atoms with Gasteiger partial charge in [-0.1, -0.05) is 0 Å². The molecule has 4 nitrogen and oxygen atoms in total. The van der Waals surface area contributed by atoms with Gasteiger partial charge in [0, 0.05) is 44.5 Å². The van der Waals surface area contributed by atoms with Crippen LogP contribution in [0, 0.1) is 0 Å². The standard InChI is InChI=1S/C15H29N3OS/c1-17(2)15(19)11-18-8-6-12(7-9-18)16-13-4-5-14(10-13)20-3/h12-14,16H,4-11H2,1-3H3. The summed E-state index contributed by atoms with van der Waals surface area (Å²) >= 11 is 2.02. The molecule has 1 heterocycles. The van der Waals surface area contributed by atoms with E-state index in [9.17, 15) is 4.79 Å². The fraction of sp³-hybridized carbons (Fsp3) is 0.933. The number of carbonyl (C=O) groups excluding carboxylic acids is 1. The first-order chi connectivity index (χ1) is 9.58. The Hall–Kier alpha value is -0.260. The minimum absolute atomic E-state index is 0.218. The Morgan fingerprint density at radius 1 is 1.20 bits per heavy atom. The Bertz CT molecular complexity index is 316. The van der Waals surface area contributed by atoms with Crippen LogP contribution in [0.4, 0.5) is 0 Å². The van der Waals surface area contributed by atoms with Crippen LogP contribution in [0.25, 0.3) is 0 Å². The van der Waals surface area contributed by atoms with Crippen LogP contribution in [0.5, 0.6) is 0 Å². The van der Waals surface area contributed by atoms with Crippen molar-refractivity contribution in [2.24, 2.45) is 0 Å². The van der Waals surface area contributed by atoms with Gasteiger partial charge in [0.05, 0.1) is 6.54 Å². The molecule has 0 bridgehead atoms. The summed E-state index contributed by atoms with van der Waals surface area (Å²) in [6.07, 6.45) is 8.63. The molecule has 1 saturated carbocycles. The third-order valence-electron chi connectivity index (χ3n) is 4.63. The number of thioether (sulfide) groups is 1. The predicted molar refractivity (Wildman–Crippen MR) is 86.2 cm³/mol. The Morgan fingerprint density at radius 3 is 2.45 bits per heavy atom. The highest BCUT2D eigenvalue weighted by Crippen LogP contribution is 2.29. The van der Waals surface area contributed by atoms with Gasteiger partial charge in [-0.3, -0.25) is 9.69 Å². The van der Waals surface area contributed by atoms with Crippen molar-refractivity contribution in [1.29, 1.82) is 0 Å². The molecule has 2 unspecified atom stereocenters. The third kappa shape index (κ3) is 4.64. The number of carbonyl (C=O) groups is 1. The van der Waals surface area contributed by atoms with Gasteiger partial charge in [-0.25, -0.2) is 0 Å². The molecule has 5 heteroatoms. The monoisotopic (exact) mass is 299 g/mol. The summed E-state index contributed by atoms with van der Waals surface area (Å²) < 4.78 is 0. The maximum Gasteiger partial charge on any atom is 0.236 e. The van der Waals surface area contributed by atoms with E-state index in [1.165, 1.54) is 32.1 Å². The smallest absolute Gasteiger partial charge is 0.236 e. The lowest BCUT2D eigenvalue weighted by atomic mass is 10.0. The molecule has 2 aliphatic rings. The summed E-state index contributed by atoms with van der Waals surface area (Å²) in [6.45, 7) is 2.68. The summed E-state index contributed by atoms with van der Waals surface area (Å²) in [4.78, 5) is 15.7. The first-order valence-electron chi connectivity index (χ1n) is 7.80. The lowest BCUT2D eigenvalue weighted by Crippen LogP contribution is -2.47. The van der Waals surface area contributed by atoms with Gasteiger partial charge in [-0.05, 0) is 38.4 Å². The van der Waals surface area contributed by atoms with Crippen LogP contribution in [0.15, 0.2) is 0 Å². The molecule has 2 atom stereocenters. The van der Waals surface area contributed by atoms with Crippen LogP contribution < -0.4 is 5.32 Å². The lowest BCUT2D eigenvalue weighted by Gasteiger charge is -2.34. The zero-order chi connectivity index (χ0) is 14.5. The van der Waals surface area contributed by atoms with Crippen molar-refractivity contribution >= 4 is 17.7 Å². The van der Waals surface area contributed by atoms with Crippen LogP contribution in [0.1, 0.15) is 32.1 Å². The Balaban J connectivity index is 1.66. The van der Waals surface area contributed by atoms with Crippen LogP contribution >= 0.6 is 11.8 Å². The maximum atomic E-state index is 11.7. The Morgan fingerprint density at radius 2 is 1.90 bits per heavy atom. The van der Waals surface area contributed by atoms with Crippen LogP contribution in [-0.4, -0.2) is 73.0 Å². The van der Waals surface area contributed by atoms with Crippen molar-refractivity contribution in [2.75, 3.05) is 40.0 Å². The number of hydrogen-bond donors (Lipinski definition) is 1. The van der Waals surface area contributed by atoms with Gasteiger partial charge in [-0.15, -0.1) is 0 Å². The van der Waals surface area contributed by atoms with E-state index in [1.807, 2.05) is 25.9 Å². The largest absolute Gasteiger partial charge is 0.348 e. The van der Waals surface area contributed by atoms with Crippen molar-refractivity contribution in [2.45, 2.75) is 49.4 Å². The molecule has 0 aromatic heterocycles. The molecule has 2 rings (SSSR count). The summed E-state index contributed by atoms with van der Waals surface area (Å²) in [5.74, 6) is 0.218. The highest BCUT2D eigenvalue weighted by atomic mass is 32.2. The number of piperidine rings is 1. The van der Waals surface area contributed by atoms with E-state index in [0.29, 0.717) is 12.6 Å². The van der Waals surface area contributed by atoms with Gasteiger partial charge in [0.2, 0.25) is 5.91 Å². The van der Waals surface area contributed by atoms with E-state index in [2.05, 4.69) is 16.5 Å². The molecular formula is C15H29N3OS. The molecule has 1 aliphatic heterocycles. The van der Waals surface area contributed by atoms with Gasteiger partial charge in [0.25, 0.3) is 0 Å². The maximum absolute atomic E-state index is 11.7. The average molecular weight is 299 g/mol. The van der Waals surface area contributed by atoms with Crippen molar-refractivity contribution in [3.05, 3.63) is 0 Å². The number of likely N-dealkylation sites (N-methyl/N-ethyl adjacent to an activating group) is 1. The molecule has 116 valence electrons. The number of nitrogens with zero attached hydrogens (tertiary/aromatic N) is 2. The first-order valence-corrected chi connectivity index (χ1v) is 9.08. The second-order valence-corrected chi connectivity index (χ2v) is 7.51. The highest BCUT2D eigenvalue weighted by Gasteiger charge is 2.28. The van der Waals surface area contributed by atoms with Gasteiger partial charge < -0.3 is 10.2 Å². The molecule has 2 fully saturated rings. The molecule has 0 spiro atoms. The molecule has 0 aromatic rings. The van der Waals surface area contributed by atoms with Gasteiger partial charge in [0.15, 0.2) is 0 Å². The molecule has 1 aliphatic carbocycles. The number of nitrogens with one attached hydrogen (secondary N) is 1. The summed E-state index contributed by atoms with van der Waals surface area (Å²) in [7, 11) is 3.66. The van der Waals surface area contributed by atoms with E-state index < -0.39 is 0 Å². The average Bonchev–Trinajstić information content (AvgIpc) is 2.88. The predicted octanol–water partition coefficient (Wildman–Crippen LogP) is 1.41. The number of amides is 1. The van der Waals surface area contributed by atoms with E-state index in [1.54, 1.807) is 4.90 Å². The molecule has 0 aromatic carbocycles. The SMILES string of the molecule is CSC1CCC(NC2CCN(CC(=O)N(C)C)CC2)C1. The van der Waals surface area contributed by atoms with Gasteiger partial charge >= 0.3 is 0 Å². The van der Waals surface area contributed by atoms with Crippen LogP contribution in [0.3, 0.4) is 0 Å². The molecule has 20 heavy (non-hydrogen) atoms. The normalized spacial score (nSPS) is 28.8. The first kappa shape index (κ1) is 16.1. The molecule has 0 radical (unpaired) electrons. The number of likely N-dealkylation sites (tertiary alicyclic amines) is 1. The zero-order valence-electron chi connectivity index (χ0n) is 13.1. The molecule has 1 N–H and O–H groups in total. The third-order valence-corrected chi connectivity index (χ3v) is 5.73. The van der Waals surface area contributed by atoms with Gasteiger partial charge in [-0.2, -0.15) is 11.8 Å². The second-order valence-electron chi connectivity index (χ2n) is 6.37. The van der Waals surface area contributed by atoms with Crippen LogP contribution in [-0.2, 0) is 4.79 Å². The minimum atomic E-state index is 0.218. The molecule has 1 amide bonds. The molecule has 1 saturated heterocycles. The topological polar surface area (TPSA) is 35.6 Å². The van der Waals surface area contributed by atoms with Crippen molar-refractivity contribution in [3.63, 3.8) is 0 Å². The lowest BCUT2D eigenvalue weighted by molar-refractivity contribution is -0.130. The van der Waals surface area contributed by atoms with E-state index in [4.69, 9.17) is 0 Å².